The molecule has 0 aromatic heterocycles. The standard InChI is InChI=1S/C42H67NO10/c1-9-31-19-25(3)18-24(2)13-16-36-26(4)20-28(6)42(50,53-36)39(47)40(48)43-17-11-10-12-32(43)41(49)52-38(29(7)34(45)23-35(31)46)27(5)21-30-14-15-33(44)37(22-30)51-8/h19,21,24,26,28-34,36-38,44-45,50H,9-18,20,22-23H2,1-8H3/b25-19+,27-21+/t24-,26+,28-,29-,30+,31-,32?,33-,34+,36-,37-,38-,42-/m1/s1. The predicted molar refractivity (Wildman–Crippen MR) is 200 cm³/mol. The van der Waals surface area contributed by atoms with Gasteiger partial charge in [0.2, 0.25) is 5.79 Å². The van der Waals surface area contributed by atoms with Crippen molar-refractivity contribution in [3.8, 4) is 0 Å². The van der Waals surface area contributed by atoms with E-state index in [0.29, 0.717) is 56.9 Å². The molecule has 1 amide bonds. The number of carbonyl (C=O) groups is 4. The molecule has 0 aromatic rings. The highest BCUT2D eigenvalue weighted by atomic mass is 16.6. The highest BCUT2D eigenvalue weighted by Crippen LogP contribution is 2.40. The molecule has 3 fully saturated rings. The van der Waals surface area contributed by atoms with Crippen LogP contribution in [0, 0.1) is 35.5 Å². The van der Waals surface area contributed by atoms with Crippen molar-refractivity contribution >= 4 is 23.4 Å². The fourth-order valence-electron chi connectivity index (χ4n) is 9.19. The highest BCUT2D eigenvalue weighted by Gasteiger charge is 2.54. The Kier molecular flexibility index (Phi) is 15.5. The fraction of sp³-hybridized carbons (Fsp3) is 0.810. The Morgan fingerprint density at radius 1 is 0.981 bits per heavy atom. The average molecular weight is 746 g/mol. The van der Waals surface area contributed by atoms with E-state index in [1.807, 2.05) is 39.8 Å². The number of piperidine rings is 1. The van der Waals surface area contributed by atoms with Gasteiger partial charge in [-0.1, -0.05) is 52.3 Å². The van der Waals surface area contributed by atoms with Gasteiger partial charge < -0.3 is 34.4 Å². The van der Waals surface area contributed by atoms with Gasteiger partial charge in [-0.2, -0.15) is 0 Å². The number of cyclic esters (lactones) is 1. The summed E-state index contributed by atoms with van der Waals surface area (Å²) < 4.78 is 18.0. The van der Waals surface area contributed by atoms with Crippen molar-refractivity contribution in [2.75, 3.05) is 13.7 Å². The number of rotatable bonds is 4. The number of nitrogens with zero attached hydrogens (tertiary/aromatic N) is 1. The van der Waals surface area contributed by atoms with E-state index in [-0.39, 0.29) is 54.9 Å². The normalized spacial score (nSPS) is 41.8. The molecule has 3 aliphatic heterocycles. The maximum atomic E-state index is 14.2. The lowest BCUT2D eigenvalue weighted by Crippen LogP contribution is -2.61. The number of fused-ring (bicyclic) bond motifs is 3. The number of methoxy groups -OCH3 is 1. The molecule has 4 aliphatic rings. The van der Waals surface area contributed by atoms with E-state index in [9.17, 15) is 34.5 Å². The number of ketones is 2. The van der Waals surface area contributed by atoms with Gasteiger partial charge in [0.25, 0.3) is 11.7 Å². The third kappa shape index (κ3) is 10.5. The number of hydrogen-bond acceptors (Lipinski definition) is 10. The number of allylic oxidation sites excluding steroid dienone is 3. The van der Waals surface area contributed by atoms with Gasteiger partial charge in [0, 0.05) is 37.8 Å². The number of aliphatic hydroxyl groups excluding tert-OH is 2. The van der Waals surface area contributed by atoms with Gasteiger partial charge in [-0.3, -0.25) is 14.4 Å². The van der Waals surface area contributed by atoms with Crippen LogP contribution in [0.3, 0.4) is 0 Å². The summed E-state index contributed by atoms with van der Waals surface area (Å²) >= 11 is 0. The number of Topliss-reactive ketones (excluding diaryl/α,β-unsaturated/α-hetero) is 2. The minimum absolute atomic E-state index is 0.0216. The molecule has 2 saturated heterocycles. The first kappa shape index (κ1) is 43.3. The molecular formula is C42H67NO10. The zero-order valence-electron chi connectivity index (χ0n) is 33.4. The second kappa shape index (κ2) is 18.9. The molecular weight excluding hydrogens is 678 g/mol. The molecule has 1 unspecified atom stereocenters. The first-order valence-corrected chi connectivity index (χ1v) is 20.2. The highest BCUT2D eigenvalue weighted by molar-refractivity contribution is 6.39. The van der Waals surface area contributed by atoms with Gasteiger partial charge >= 0.3 is 5.97 Å². The van der Waals surface area contributed by atoms with Gasteiger partial charge in [-0.25, -0.2) is 4.79 Å². The molecule has 53 heavy (non-hydrogen) atoms. The summed E-state index contributed by atoms with van der Waals surface area (Å²) in [4.78, 5) is 57.1. The van der Waals surface area contributed by atoms with Crippen molar-refractivity contribution in [1.82, 2.24) is 4.90 Å². The van der Waals surface area contributed by atoms with Crippen molar-refractivity contribution in [2.45, 2.75) is 168 Å². The Labute approximate surface area is 316 Å². The van der Waals surface area contributed by atoms with E-state index in [1.54, 1.807) is 21.0 Å². The number of carbonyl (C=O) groups excluding carboxylic acids is 4. The van der Waals surface area contributed by atoms with Gasteiger partial charge in [-0.05, 0) is 108 Å². The molecule has 2 bridgehead atoms. The molecule has 11 heteroatoms. The third-order valence-corrected chi connectivity index (χ3v) is 12.7. The summed E-state index contributed by atoms with van der Waals surface area (Å²) in [5.74, 6) is -6.51. The average Bonchev–Trinajstić information content (AvgIpc) is 3.12. The summed E-state index contributed by atoms with van der Waals surface area (Å²) in [6.07, 6.45) is 6.99. The molecule has 1 aliphatic carbocycles. The van der Waals surface area contributed by atoms with E-state index >= 15 is 0 Å². The monoisotopic (exact) mass is 745 g/mol. The number of hydrogen-bond donors (Lipinski definition) is 3. The van der Waals surface area contributed by atoms with Crippen LogP contribution in [0.5, 0.6) is 0 Å². The summed E-state index contributed by atoms with van der Waals surface area (Å²) in [7, 11) is 1.57. The van der Waals surface area contributed by atoms with Crippen molar-refractivity contribution in [3.05, 3.63) is 23.3 Å². The second-order valence-electron chi connectivity index (χ2n) is 17.0. The quantitative estimate of drug-likeness (QED) is 0.191. The summed E-state index contributed by atoms with van der Waals surface area (Å²) in [5.41, 5.74) is 1.76. The summed E-state index contributed by atoms with van der Waals surface area (Å²) in [6.45, 7) is 13.6. The molecule has 0 spiro atoms. The van der Waals surface area contributed by atoms with Crippen molar-refractivity contribution < 1.29 is 48.7 Å². The molecule has 1 saturated carbocycles. The maximum absolute atomic E-state index is 14.2. The van der Waals surface area contributed by atoms with Crippen LogP contribution in [0.15, 0.2) is 23.3 Å². The largest absolute Gasteiger partial charge is 0.456 e. The zero-order valence-corrected chi connectivity index (χ0v) is 33.4. The van der Waals surface area contributed by atoms with E-state index in [4.69, 9.17) is 14.2 Å². The minimum atomic E-state index is -2.32. The number of ether oxygens (including phenoxy) is 3. The lowest BCUT2D eigenvalue weighted by atomic mass is 9.79. The lowest BCUT2D eigenvalue weighted by molar-refractivity contribution is -0.275. The molecule has 0 aromatic carbocycles. The Morgan fingerprint density at radius 3 is 2.38 bits per heavy atom. The van der Waals surface area contributed by atoms with E-state index in [1.165, 1.54) is 4.90 Å². The Balaban J connectivity index is 1.72. The smallest absolute Gasteiger partial charge is 0.329 e. The van der Waals surface area contributed by atoms with Gasteiger partial charge in [0.1, 0.15) is 17.9 Å². The van der Waals surface area contributed by atoms with Crippen LogP contribution in [-0.4, -0.2) is 99.7 Å². The van der Waals surface area contributed by atoms with Crippen molar-refractivity contribution in [3.63, 3.8) is 0 Å². The van der Waals surface area contributed by atoms with Gasteiger partial charge in [0.05, 0.1) is 24.4 Å². The number of aliphatic hydroxyl groups is 3. The van der Waals surface area contributed by atoms with Crippen LogP contribution in [0.4, 0.5) is 0 Å². The summed E-state index contributed by atoms with van der Waals surface area (Å²) in [6, 6.07) is -1.08. The van der Waals surface area contributed by atoms with Crippen LogP contribution in [0.2, 0.25) is 0 Å². The van der Waals surface area contributed by atoms with Crippen LogP contribution in [0.1, 0.15) is 126 Å². The first-order valence-electron chi connectivity index (χ1n) is 20.2. The lowest BCUT2D eigenvalue weighted by Gasteiger charge is -2.45. The number of amides is 1. The van der Waals surface area contributed by atoms with Crippen LogP contribution >= 0.6 is 0 Å². The number of esters is 1. The third-order valence-electron chi connectivity index (χ3n) is 12.7. The van der Waals surface area contributed by atoms with E-state index in [2.05, 4.69) is 6.92 Å². The van der Waals surface area contributed by atoms with Gasteiger partial charge in [-0.15, -0.1) is 0 Å². The second-order valence-corrected chi connectivity index (χ2v) is 17.0. The van der Waals surface area contributed by atoms with Crippen LogP contribution in [0.25, 0.3) is 0 Å². The molecule has 4 rings (SSSR count). The van der Waals surface area contributed by atoms with Crippen LogP contribution < -0.4 is 0 Å². The summed E-state index contributed by atoms with van der Waals surface area (Å²) in [5, 5.41) is 33.8. The first-order chi connectivity index (χ1) is 25.0. The Morgan fingerprint density at radius 2 is 1.70 bits per heavy atom. The fourth-order valence-corrected chi connectivity index (χ4v) is 9.19. The molecule has 300 valence electrons. The predicted octanol–water partition coefficient (Wildman–Crippen LogP) is 5.47. The molecule has 0 radical (unpaired) electrons. The molecule has 13 atom stereocenters. The topological polar surface area (TPSA) is 160 Å². The van der Waals surface area contributed by atoms with Crippen molar-refractivity contribution in [2.24, 2.45) is 35.5 Å². The van der Waals surface area contributed by atoms with Crippen molar-refractivity contribution in [1.29, 1.82) is 0 Å². The molecule has 3 N–H and O–H groups in total. The zero-order chi connectivity index (χ0) is 39.2. The molecule has 3 heterocycles. The van der Waals surface area contributed by atoms with E-state index < -0.39 is 65.7 Å². The van der Waals surface area contributed by atoms with Gasteiger partial charge in [0.15, 0.2) is 0 Å². The Hall–Kier alpha value is -2.44. The SMILES string of the molecule is CC[C@@H]1/C=C(\C)C[C@H](C)CC[C@H]2O[C@@](O)(C(=O)C(=O)N3CCCCC3C(=O)O[C@H](/C(C)=C/[C@@H]3CC[C@@H](O)[C@H](OC)C3)[C@H](C)[C@@H](O)CC1=O)[C@H](C)C[C@@H]2C. The maximum Gasteiger partial charge on any atom is 0.329 e. The Bertz CT molecular complexity index is 1360. The molecule has 11 nitrogen and oxygen atoms in total. The van der Waals surface area contributed by atoms with E-state index in [0.717, 1.165) is 18.4 Å². The minimum Gasteiger partial charge on any atom is -0.456 e. The van der Waals surface area contributed by atoms with Crippen LogP contribution in [-0.2, 0) is 33.4 Å².